The molecule has 24 heavy (non-hydrogen) atoms. The van der Waals surface area contributed by atoms with Crippen molar-refractivity contribution in [2.75, 3.05) is 0 Å². The van der Waals surface area contributed by atoms with Gasteiger partial charge < -0.3 is 0 Å². The summed E-state index contributed by atoms with van der Waals surface area (Å²) in [6, 6.07) is 23.0. The lowest BCUT2D eigenvalue weighted by Crippen LogP contribution is -2.02. The highest BCUT2D eigenvalue weighted by molar-refractivity contribution is 9.10. The number of fused-ring (bicyclic) bond motifs is 1. The van der Waals surface area contributed by atoms with E-state index in [1.807, 2.05) is 60.7 Å². The number of rotatable bonds is 3. The molecule has 4 rings (SSSR count). The Morgan fingerprint density at radius 3 is 2.38 bits per heavy atom. The van der Waals surface area contributed by atoms with Crippen molar-refractivity contribution in [1.29, 1.82) is 0 Å². The summed E-state index contributed by atoms with van der Waals surface area (Å²) >= 11 is 3.44. The van der Waals surface area contributed by atoms with Crippen LogP contribution in [0.3, 0.4) is 0 Å². The highest BCUT2D eigenvalue weighted by Crippen LogP contribution is 2.30. The van der Waals surface area contributed by atoms with Crippen LogP contribution in [0.25, 0.3) is 22.2 Å². The van der Waals surface area contributed by atoms with Crippen molar-refractivity contribution >= 4 is 26.8 Å². The van der Waals surface area contributed by atoms with E-state index in [0.29, 0.717) is 12.1 Å². The van der Waals surface area contributed by atoms with E-state index in [9.17, 15) is 4.39 Å². The lowest BCUT2D eigenvalue weighted by molar-refractivity contribution is 0.616. The molecule has 118 valence electrons. The minimum Gasteiger partial charge on any atom is -0.257 e. The smallest absolute Gasteiger partial charge is 0.149 e. The monoisotopic (exact) mass is 380 g/mol. The summed E-state index contributed by atoms with van der Waals surface area (Å²) in [6.45, 7) is 0.537. The quantitative estimate of drug-likeness (QED) is 0.448. The molecular weight excluding hydrogens is 367 g/mol. The Balaban J connectivity index is 1.89. The molecule has 1 heterocycles. The fourth-order valence-electron chi connectivity index (χ4n) is 2.89. The largest absolute Gasteiger partial charge is 0.257 e. The average Bonchev–Trinajstić information content (AvgIpc) is 2.96. The number of halogens is 2. The van der Waals surface area contributed by atoms with Crippen LogP contribution in [0.5, 0.6) is 0 Å². The summed E-state index contributed by atoms with van der Waals surface area (Å²) in [6.07, 6.45) is 0. The number of para-hydroxylation sites is 1. The third kappa shape index (κ3) is 2.74. The van der Waals surface area contributed by atoms with E-state index in [0.717, 1.165) is 26.7 Å². The Labute approximate surface area is 147 Å². The minimum atomic E-state index is -0.251. The van der Waals surface area contributed by atoms with Crippen molar-refractivity contribution < 1.29 is 4.39 Å². The molecule has 0 radical (unpaired) electrons. The second kappa shape index (κ2) is 6.21. The maximum absolute atomic E-state index is 14.5. The Kier molecular flexibility index (Phi) is 3.90. The highest BCUT2D eigenvalue weighted by atomic mass is 79.9. The van der Waals surface area contributed by atoms with Crippen LogP contribution in [0, 0.1) is 5.82 Å². The van der Waals surface area contributed by atoms with E-state index in [4.69, 9.17) is 5.10 Å². The zero-order valence-corrected chi connectivity index (χ0v) is 14.4. The van der Waals surface area contributed by atoms with E-state index < -0.39 is 0 Å². The van der Waals surface area contributed by atoms with Gasteiger partial charge in [-0.1, -0.05) is 70.5 Å². The first-order valence-corrected chi connectivity index (χ1v) is 8.46. The zero-order valence-electron chi connectivity index (χ0n) is 12.8. The molecule has 1 aromatic heterocycles. The van der Waals surface area contributed by atoms with Crippen LogP contribution >= 0.6 is 15.9 Å². The number of benzene rings is 3. The molecule has 0 atom stereocenters. The van der Waals surface area contributed by atoms with Gasteiger partial charge in [-0.05, 0) is 23.8 Å². The van der Waals surface area contributed by atoms with Crippen molar-refractivity contribution in [3.8, 4) is 11.3 Å². The summed E-state index contributed by atoms with van der Waals surface area (Å²) in [5, 5.41) is 5.53. The fraction of sp³-hybridized carbons (Fsp3) is 0.0500. The van der Waals surface area contributed by atoms with Crippen LogP contribution in [0.1, 0.15) is 5.56 Å². The number of hydrogen-bond acceptors (Lipinski definition) is 1. The van der Waals surface area contributed by atoms with E-state index in [2.05, 4.69) is 15.9 Å². The molecule has 0 bridgehead atoms. The molecule has 0 fully saturated rings. The number of hydrogen-bond donors (Lipinski definition) is 0. The van der Waals surface area contributed by atoms with Gasteiger partial charge in [-0.2, -0.15) is 5.10 Å². The van der Waals surface area contributed by atoms with Crippen LogP contribution in [-0.2, 0) is 6.54 Å². The summed E-state index contributed by atoms with van der Waals surface area (Å²) in [4.78, 5) is 0. The predicted octanol–water partition coefficient (Wildman–Crippen LogP) is 5.65. The number of nitrogens with zero attached hydrogens (tertiary/aromatic N) is 2. The summed E-state index contributed by atoms with van der Waals surface area (Å²) in [7, 11) is 0. The van der Waals surface area contributed by atoms with Crippen LogP contribution in [0.2, 0.25) is 0 Å². The summed E-state index contributed by atoms with van der Waals surface area (Å²) in [5.74, 6) is -0.251. The second-order valence-electron chi connectivity index (χ2n) is 5.63. The van der Waals surface area contributed by atoms with Crippen LogP contribution in [-0.4, -0.2) is 9.78 Å². The third-order valence-electron chi connectivity index (χ3n) is 4.01. The minimum absolute atomic E-state index is 0.251. The lowest BCUT2D eigenvalue weighted by Gasteiger charge is -2.04. The molecule has 0 aliphatic carbocycles. The first-order valence-electron chi connectivity index (χ1n) is 7.67. The number of aromatic nitrogens is 2. The SMILES string of the molecule is Fc1cccc2c(-c3ccc(Br)cc3)nn(Cc3ccccc3)c12. The van der Waals surface area contributed by atoms with E-state index >= 15 is 0 Å². The van der Waals surface area contributed by atoms with Gasteiger partial charge in [0.2, 0.25) is 0 Å². The Morgan fingerprint density at radius 1 is 0.875 bits per heavy atom. The molecule has 3 aromatic carbocycles. The highest BCUT2D eigenvalue weighted by Gasteiger charge is 2.15. The van der Waals surface area contributed by atoms with Crippen LogP contribution in [0.15, 0.2) is 77.3 Å². The van der Waals surface area contributed by atoms with E-state index in [1.54, 1.807) is 10.7 Å². The Hall–Kier alpha value is -2.46. The Morgan fingerprint density at radius 2 is 1.62 bits per heavy atom. The molecule has 0 aliphatic heterocycles. The van der Waals surface area contributed by atoms with Gasteiger partial charge in [-0.3, -0.25) is 4.68 Å². The molecular formula is C20H14BrFN2. The molecule has 0 aliphatic rings. The lowest BCUT2D eigenvalue weighted by atomic mass is 10.1. The zero-order chi connectivity index (χ0) is 16.5. The van der Waals surface area contributed by atoms with Gasteiger partial charge in [0.15, 0.2) is 0 Å². The molecule has 4 heteroatoms. The van der Waals surface area contributed by atoms with Gasteiger partial charge in [0, 0.05) is 15.4 Å². The van der Waals surface area contributed by atoms with Crippen molar-refractivity contribution in [3.05, 3.63) is 88.6 Å². The van der Waals surface area contributed by atoms with Gasteiger partial charge in [-0.25, -0.2) is 4.39 Å². The van der Waals surface area contributed by atoms with Gasteiger partial charge in [0.05, 0.1) is 6.54 Å². The predicted molar refractivity (Wildman–Crippen MR) is 98.4 cm³/mol. The van der Waals surface area contributed by atoms with Crippen LogP contribution < -0.4 is 0 Å². The summed E-state index contributed by atoms with van der Waals surface area (Å²) in [5.41, 5.74) is 3.40. The third-order valence-corrected chi connectivity index (χ3v) is 4.54. The molecule has 0 saturated heterocycles. The molecule has 0 unspecified atom stereocenters. The summed E-state index contributed by atoms with van der Waals surface area (Å²) < 4.78 is 17.2. The topological polar surface area (TPSA) is 17.8 Å². The molecule has 0 N–H and O–H groups in total. The molecule has 0 saturated carbocycles. The van der Waals surface area contributed by atoms with Gasteiger partial charge >= 0.3 is 0 Å². The second-order valence-corrected chi connectivity index (χ2v) is 6.55. The van der Waals surface area contributed by atoms with Crippen molar-refractivity contribution in [2.24, 2.45) is 0 Å². The molecule has 0 spiro atoms. The van der Waals surface area contributed by atoms with Crippen molar-refractivity contribution in [2.45, 2.75) is 6.54 Å². The van der Waals surface area contributed by atoms with E-state index in [-0.39, 0.29) is 5.82 Å². The van der Waals surface area contributed by atoms with Gasteiger partial charge in [0.1, 0.15) is 17.0 Å². The van der Waals surface area contributed by atoms with Crippen molar-refractivity contribution in [3.63, 3.8) is 0 Å². The first kappa shape index (κ1) is 15.1. The molecule has 2 nitrogen and oxygen atoms in total. The fourth-order valence-corrected chi connectivity index (χ4v) is 3.15. The molecule has 0 amide bonds. The van der Waals surface area contributed by atoms with Crippen molar-refractivity contribution in [1.82, 2.24) is 9.78 Å². The maximum atomic E-state index is 14.5. The van der Waals surface area contributed by atoms with Crippen LogP contribution in [0.4, 0.5) is 4.39 Å². The maximum Gasteiger partial charge on any atom is 0.149 e. The average molecular weight is 381 g/mol. The van der Waals surface area contributed by atoms with Gasteiger partial charge in [0.25, 0.3) is 0 Å². The standard InChI is InChI=1S/C20H14BrFN2/c21-16-11-9-15(10-12-16)19-17-7-4-8-18(22)20(17)24(23-19)13-14-5-2-1-3-6-14/h1-12H,13H2. The first-order chi connectivity index (χ1) is 11.7. The molecule has 4 aromatic rings. The van der Waals surface area contributed by atoms with E-state index in [1.165, 1.54) is 6.07 Å². The Bertz CT molecular complexity index is 992. The van der Waals surface area contributed by atoms with Gasteiger partial charge in [-0.15, -0.1) is 0 Å². The normalized spacial score (nSPS) is 11.1.